The highest BCUT2D eigenvalue weighted by molar-refractivity contribution is 6.31. The number of rotatable bonds is 2. The first kappa shape index (κ1) is 10.2. The standard InChI is InChI=1S/C13H12ClN/c1-2-10-11(6-5-7-12(10)14)13-8-3-4-9-15-13/h3-9H,2H2,1H3. The maximum atomic E-state index is 6.15. The topological polar surface area (TPSA) is 12.9 Å². The molecule has 0 N–H and O–H groups in total. The first-order chi connectivity index (χ1) is 7.33. The summed E-state index contributed by atoms with van der Waals surface area (Å²) >= 11 is 6.15. The molecule has 0 unspecified atom stereocenters. The molecule has 76 valence electrons. The number of hydrogen-bond acceptors (Lipinski definition) is 1. The molecule has 1 nitrogen and oxygen atoms in total. The predicted octanol–water partition coefficient (Wildman–Crippen LogP) is 3.96. The van der Waals surface area contributed by atoms with Crippen molar-refractivity contribution in [2.75, 3.05) is 0 Å². The van der Waals surface area contributed by atoms with Crippen LogP contribution < -0.4 is 0 Å². The predicted molar refractivity (Wildman–Crippen MR) is 64.1 cm³/mol. The average Bonchev–Trinajstić information content (AvgIpc) is 2.30. The molecule has 0 amide bonds. The normalized spacial score (nSPS) is 10.3. The minimum absolute atomic E-state index is 0.820. The molecule has 1 heterocycles. The minimum Gasteiger partial charge on any atom is -0.256 e. The Morgan fingerprint density at radius 1 is 1.13 bits per heavy atom. The van der Waals surface area contributed by atoms with E-state index in [1.807, 2.05) is 30.3 Å². The highest BCUT2D eigenvalue weighted by Crippen LogP contribution is 2.27. The van der Waals surface area contributed by atoms with Crippen molar-refractivity contribution in [1.29, 1.82) is 0 Å². The average molecular weight is 218 g/mol. The van der Waals surface area contributed by atoms with Gasteiger partial charge in [0, 0.05) is 16.8 Å². The van der Waals surface area contributed by atoms with Gasteiger partial charge in [-0.2, -0.15) is 0 Å². The highest BCUT2D eigenvalue weighted by atomic mass is 35.5. The fraction of sp³-hybridized carbons (Fsp3) is 0.154. The summed E-state index contributed by atoms with van der Waals surface area (Å²) in [4.78, 5) is 4.34. The van der Waals surface area contributed by atoms with Crippen molar-refractivity contribution >= 4 is 11.6 Å². The molecule has 0 radical (unpaired) electrons. The molecular formula is C13H12ClN. The van der Waals surface area contributed by atoms with Crippen molar-refractivity contribution in [3.8, 4) is 11.3 Å². The minimum atomic E-state index is 0.820. The Hall–Kier alpha value is -1.34. The van der Waals surface area contributed by atoms with Crippen LogP contribution in [0.3, 0.4) is 0 Å². The van der Waals surface area contributed by atoms with Crippen molar-refractivity contribution in [2.24, 2.45) is 0 Å². The van der Waals surface area contributed by atoms with Crippen molar-refractivity contribution in [3.63, 3.8) is 0 Å². The molecule has 0 atom stereocenters. The second-order valence-corrected chi connectivity index (χ2v) is 3.74. The first-order valence-electron chi connectivity index (χ1n) is 5.01. The molecule has 0 fully saturated rings. The van der Waals surface area contributed by atoms with E-state index in [4.69, 9.17) is 11.6 Å². The van der Waals surface area contributed by atoms with E-state index in [0.717, 1.165) is 28.3 Å². The summed E-state index contributed by atoms with van der Waals surface area (Å²) in [6.45, 7) is 2.10. The SMILES string of the molecule is CCc1c(Cl)cccc1-c1ccccn1. The number of aromatic nitrogens is 1. The Morgan fingerprint density at radius 3 is 2.67 bits per heavy atom. The van der Waals surface area contributed by atoms with Gasteiger partial charge in [0.15, 0.2) is 0 Å². The smallest absolute Gasteiger partial charge is 0.0705 e. The lowest BCUT2D eigenvalue weighted by Gasteiger charge is -2.08. The van der Waals surface area contributed by atoms with Crippen LogP contribution in [0.5, 0.6) is 0 Å². The largest absolute Gasteiger partial charge is 0.256 e. The zero-order valence-corrected chi connectivity index (χ0v) is 9.33. The maximum Gasteiger partial charge on any atom is 0.0705 e. The third kappa shape index (κ3) is 2.02. The van der Waals surface area contributed by atoms with Crippen LogP contribution in [-0.2, 0) is 6.42 Å². The molecule has 0 saturated carbocycles. The Bertz CT molecular complexity index is 451. The quantitative estimate of drug-likeness (QED) is 0.742. The summed E-state index contributed by atoms with van der Waals surface area (Å²) in [6, 6.07) is 11.9. The molecule has 0 saturated heterocycles. The van der Waals surface area contributed by atoms with Gasteiger partial charge in [-0.1, -0.05) is 36.7 Å². The Morgan fingerprint density at radius 2 is 2.00 bits per heavy atom. The van der Waals surface area contributed by atoms with E-state index in [0.29, 0.717) is 0 Å². The van der Waals surface area contributed by atoms with Crippen molar-refractivity contribution in [1.82, 2.24) is 4.98 Å². The summed E-state index contributed by atoms with van der Waals surface area (Å²) < 4.78 is 0. The van der Waals surface area contributed by atoms with Crippen LogP contribution in [0.2, 0.25) is 5.02 Å². The summed E-state index contributed by atoms with van der Waals surface area (Å²) in [5, 5.41) is 0.820. The summed E-state index contributed by atoms with van der Waals surface area (Å²) in [6.07, 6.45) is 2.72. The van der Waals surface area contributed by atoms with Gasteiger partial charge >= 0.3 is 0 Å². The van der Waals surface area contributed by atoms with Crippen molar-refractivity contribution in [3.05, 3.63) is 53.2 Å². The lowest BCUT2D eigenvalue weighted by molar-refractivity contribution is 1.13. The number of pyridine rings is 1. The Labute approximate surface area is 94.7 Å². The van der Waals surface area contributed by atoms with Crippen LogP contribution >= 0.6 is 11.6 Å². The summed E-state index contributed by atoms with van der Waals surface area (Å²) in [5.41, 5.74) is 3.28. The molecular weight excluding hydrogens is 206 g/mol. The fourth-order valence-corrected chi connectivity index (χ4v) is 1.99. The van der Waals surface area contributed by atoms with Crippen LogP contribution in [0.4, 0.5) is 0 Å². The molecule has 0 aliphatic heterocycles. The van der Waals surface area contributed by atoms with Crippen LogP contribution in [0.1, 0.15) is 12.5 Å². The lowest BCUT2D eigenvalue weighted by atomic mass is 10.0. The molecule has 0 spiro atoms. The van der Waals surface area contributed by atoms with E-state index in [-0.39, 0.29) is 0 Å². The molecule has 2 rings (SSSR count). The zero-order valence-electron chi connectivity index (χ0n) is 8.57. The number of halogens is 1. The first-order valence-corrected chi connectivity index (χ1v) is 5.39. The highest BCUT2D eigenvalue weighted by Gasteiger charge is 2.07. The van der Waals surface area contributed by atoms with Crippen LogP contribution in [-0.4, -0.2) is 4.98 Å². The van der Waals surface area contributed by atoms with Gasteiger partial charge in [0.25, 0.3) is 0 Å². The maximum absolute atomic E-state index is 6.15. The van der Waals surface area contributed by atoms with Gasteiger partial charge in [-0.25, -0.2) is 0 Å². The number of nitrogens with zero attached hydrogens (tertiary/aromatic N) is 1. The second kappa shape index (κ2) is 4.45. The van der Waals surface area contributed by atoms with Gasteiger partial charge in [0.1, 0.15) is 0 Å². The molecule has 0 aliphatic rings. The summed E-state index contributed by atoms with van der Waals surface area (Å²) in [5.74, 6) is 0. The molecule has 1 aromatic heterocycles. The Kier molecular flexibility index (Phi) is 3.02. The molecule has 2 heteroatoms. The second-order valence-electron chi connectivity index (χ2n) is 3.33. The molecule has 15 heavy (non-hydrogen) atoms. The molecule has 0 aliphatic carbocycles. The number of hydrogen-bond donors (Lipinski definition) is 0. The van der Waals surface area contributed by atoms with E-state index < -0.39 is 0 Å². The van der Waals surface area contributed by atoms with Gasteiger partial charge in [0.05, 0.1) is 5.69 Å². The van der Waals surface area contributed by atoms with Crippen molar-refractivity contribution < 1.29 is 0 Å². The zero-order chi connectivity index (χ0) is 10.7. The summed E-state index contributed by atoms with van der Waals surface area (Å²) in [7, 11) is 0. The van der Waals surface area contributed by atoms with Crippen LogP contribution in [0.15, 0.2) is 42.6 Å². The van der Waals surface area contributed by atoms with Crippen LogP contribution in [0.25, 0.3) is 11.3 Å². The van der Waals surface area contributed by atoms with E-state index in [1.54, 1.807) is 6.20 Å². The van der Waals surface area contributed by atoms with E-state index in [9.17, 15) is 0 Å². The van der Waals surface area contributed by atoms with Gasteiger partial charge in [-0.05, 0) is 30.2 Å². The third-order valence-corrected chi connectivity index (χ3v) is 2.77. The molecule has 0 bridgehead atoms. The lowest BCUT2D eigenvalue weighted by Crippen LogP contribution is -1.90. The van der Waals surface area contributed by atoms with Gasteiger partial charge in [-0.15, -0.1) is 0 Å². The van der Waals surface area contributed by atoms with E-state index in [1.165, 1.54) is 0 Å². The molecule has 1 aromatic carbocycles. The Balaban J connectivity index is 2.58. The third-order valence-electron chi connectivity index (χ3n) is 2.41. The van der Waals surface area contributed by atoms with Gasteiger partial charge in [0.2, 0.25) is 0 Å². The van der Waals surface area contributed by atoms with Gasteiger partial charge < -0.3 is 0 Å². The monoisotopic (exact) mass is 217 g/mol. The number of benzene rings is 1. The van der Waals surface area contributed by atoms with Crippen molar-refractivity contribution in [2.45, 2.75) is 13.3 Å². The van der Waals surface area contributed by atoms with E-state index in [2.05, 4.69) is 18.0 Å². The van der Waals surface area contributed by atoms with Crippen LogP contribution in [0, 0.1) is 0 Å². The van der Waals surface area contributed by atoms with E-state index >= 15 is 0 Å². The fourth-order valence-electron chi connectivity index (χ4n) is 1.68. The molecule has 2 aromatic rings. The van der Waals surface area contributed by atoms with Gasteiger partial charge in [-0.3, -0.25) is 4.98 Å².